The number of thioether (sulfide) groups is 1. The summed E-state index contributed by atoms with van der Waals surface area (Å²) in [7, 11) is 0. The van der Waals surface area contributed by atoms with Gasteiger partial charge in [-0.1, -0.05) is 30.3 Å². The first-order chi connectivity index (χ1) is 12.2. The number of ether oxygens (including phenoxy) is 1. The predicted molar refractivity (Wildman–Crippen MR) is 104 cm³/mol. The maximum Gasteiger partial charge on any atom is 0.228 e. The highest BCUT2D eigenvalue weighted by Gasteiger charge is 2.05. The Bertz CT molecular complexity index is 815. The van der Waals surface area contributed by atoms with Gasteiger partial charge >= 0.3 is 0 Å². The van der Waals surface area contributed by atoms with Crippen LogP contribution in [0.25, 0.3) is 0 Å². The van der Waals surface area contributed by atoms with Crippen LogP contribution in [0.4, 0.5) is 5.69 Å². The molecule has 3 rings (SSSR count). The van der Waals surface area contributed by atoms with E-state index in [1.165, 1.54) is 4.90 Å². The molecule has 1 amide bonds. The molecule has 0 aliphatic carbocycles. The molecule has 0 fully saturated rings. The number of para-hydroxylation sites is 1. The number of carbonyl (C=O) groups is 1. The first-order valence-electron chi connectivity index (χ1n) is 7.99. The van der Waals surface area contributed by atoms with E-state index in [0.717, 1.165) is 22.7 Å². The highest BCUT2D eigenvalue weighted by atomic mass is 32.2. The van der Waals surface area contributed by atoms with E-state index in [2.05, 4.69) is 5.32 Å². The van der Waals surface area contributed by atoms with E-state index < -0.39 is 0 Å². The average molecular weight is 349 g/mol. The molecule has 4 heteroatoms. The number of anilines is 1. The molecule has 0 saturated carbocycles. The van der Waals surface area contributed by atoms with Gasteiger partial charge in [0.15, 0.2) is 0 Å². The van der Waals surface area contributed by atoms with Crippen molar-refractivity contribution in [1.29, 1.82) is 0 Å². The Morgan fingerprint density at radius 3 is 2.16 bits per heavy atom. The normalized spacial score (nSPS) is 10.3. The maximum atomic E-state index is 12.2. The smallest absolute Gasteiger partial charge is 0.228 e. The van der Waals surface area contributed by atoms with Crippen molar-refractivity contribution in [3.8, 4) is 11.5 Å². The molecule has 25 heavy (non-hydrogen) atoms. The number of benzene rings is 3. The largest absolute Gasteiger partial charge is 0.457 e. The van der Waals surface area contributed by atoms with Crippen LogP contribution in [0.3, 0.4) is 0 Å². The van der Waals surface area contributed by atoms with Crippen LogP contribution < -0.4 is 10.1 Å². The molecule has 0 saturated heterocycles. The Kier molecular flexibility index (Phi) is 5.75. The molecule has 1 N–H and O–H groups in total. The number of hydrogen-bond donors (Lipinski definition) is 1. The van der Waals surface area contributed by atoms with Gasteiger partial charge in [0, 0.05) is 10.6 Å². The minimum Gasteiger partial charge on any atom is -0.457 e. The predicted octanol–water partition coefficient (Wildman–Crippen LogP) is 5.38. The van der Waals surface area contributed by atoms with Gasteiger partial charge in [-0.15, -0.1) is 11.8 Å². The highest BCUT2D eigenvalue weighted by Crippen LogP contribution is 2.21. The topological polar surface area (TPSA) is 38.3 Å². The van der Waals surface area contributed by atoms with Crippen LogP contribution in [0.1, 0.15) is 5.56 Å². The van der Waals surface area contributed by atoms with E-state index in [0.29, 0.717) is 6.42 Å². The van der Waals surface area contributed by atoms with Crippen LogP contribution in [0.5, 0.6) is 11.5 Å². The summed E-state index contributed by atoms with van der Waals surface area (Å²) in [6, 6.07) is 25.0. The molecule has 0 heterocycles. The first-order valence-corrected chi connectivity index (χ1v) is 9.21. The van der Waals surface area contributed by atoms with Gasteiger partial charge in [-0.05, 0) is 60.4 Å². The summed E-state index contributed by atoms with van der Waals surface area (Å²) < 4.78 is 5.75. The van der Waals surface area contributed by atoms with Crippen molar-refractivity contribution in [2.45, 2.75) is 11.3 Å². The highest BCUT2D eigenvalue weighted by molar-refractivity contribution is 7.98. The third kappa shape index (κ3) is 5.13. The standard InChI is InChI=1S/C21H19NO2S/c1-25-20-13-9-17(10-14-20)22-21(23)15-16-7-11-19(12-8-16)24-18-5-3-2-4-6-18/h2-14H,15H2,1H3,(H,22,23). The van der Waals surface area contributed by atoms with Gasteiger partial charge in [-0.3, -0.25) is 4.79 Å². The van der Waals surface area contributed by atoms with Gasteiger partial charge in [0.1, 0.15) is 11.5 Å². The van der Waals surface area contributed by atoms with Crippen molar-refractivity contribution >= 4 is 23.4 Å². The third-order valence-corrected chi connectivity index (χ3v) is 4.38. The van der Waals surface area contributed by atoms with E-state index in [-0.39, 0.29) is 5.91 Å². The van der Waals surface area contributed by atoms with Crippen LogP contribution in [0.2, 0.25) is 0 Å². The fourth-order valence-electron chi connectivity index (χ4n) is 2.36. The van der Waals surface area contributed by atoms with E-state index in [1.807, 2.05) is 85.1 Å². The Hall–Kier alpha value is -2.72. The van der Waals surface area contributed by atoms with Gasteiger partial charge in [0.2, 0.25) is 5.91 Å². The third-order valence-electron chi connectivity index (χ3n) is 3.64. The summed E-state index contributed by atoms with van der Waals surface area (Å²) >= 11 is 1.68. The lowest BCUT2D eigenvalue weighted by Gasteiger charge is -2.08. The molecule has 0 atom stereocenters. The van der Waals surface area contributed by atoms with Crippen LogP contribution >= 0.6 is 11.8 Å². The Morgan fingerprint density at radius 1 is 0.880 bits per heavy atom. The minimum absolute atomic E-state index is 0.0337. The summed E-state index contributed by atoms with van der Waals surface area (Å²) in [6.07, 6.45) is 2.36. The fraction of sp³-hybridized carbons (Fsp3) is 0.0952. The van der Waals surface area contributed by atoms with E-state index >= 15 is 0 Å². The van der Waals surface area contributed by atoms with Gasteiger partial charge in [-0.25, -0.2) is 0 Å². The van der Waals surface area contributed by atoms with Crippen LogP contribution in [-0.2, 0) is 11.2 Å². The second-order valence-electron chi connectivity index (χ2n) is 5.51. The minimum atomic E-state index is -0.0337. The number of rotatable bonds is 6. The summed E-state index contributed by atoms with van der Waals surface area (Å²) in [5, 5.41) is 2.92. The Morgan fingerprint density at radius 2 is 1.52 bits per heavy atom. The lowest BCUT2D eigenvalue weighted by atomic mass is 10.1. The summed E-state index contributed by atoms with van der Waals surface area (Å²) in [4.78, 5) is 13.3. The lowest BCUT2D eigenvalue weighted by molar-refractivity contribution is -0.115. The second kappa shape index (κ2) is 8.40. The first kappa shape index (κ1) is 17.1. The van der Waals surface area contributed by atoms with E-state index in [9.17, 15) is 4.79 Å². The SMILES string of the molecule is CSc1ccc(NC(=O)Cc2ccc(Oc3ccccc3)cc2)cc1. The average Bonchev–Trinajstić information content (AvgIpc) is 2.65. The van der Waals surface area contributed by atoms with Gasteiger partial charge in [-0.2, -0.15) is 0 Å². The van der Waals surface area contributed by atoms with Gasteiger partial charge in [0.05, 0.1) is 6.42 Å². The molecular formula is C21H19NO2S. The molecular weight excluding hydrogens is 330 g/mol. The van der Waals surface area contributed by atoms with Crippen LogP contribution in [0, 0.1) is 0 Å². The molecule has 0 radical (unpaired) electrons. The second-order valence-corrected chi connectivity index (χ2v) is 6.39. The summed E-state index contributed by atoms with van der Waals surface area (Å²) in [6.45, 7) is 0. The van der Waals surface area contributed by atoms with Crippen molar-refractivity contribution in [1.82, 2.24) is 0 Å². The molecule has 3 nitrogen and oxygen atoms in total. The summed E-state index contributed by atoms with van der Waals surface area (Å²) in [5.41, 5.74) is 1.76. The molecule has 3 aromatic carbocycles. The van der Waals surface area contributed by atoms with E-state index in [1.54, 1.807) is 11.8 Å². The molecule has 0 aliphatic rings. The molecule has 126 valence electrons. The zero-order valence-corrected chi connectivity index (χ0v) is 14.8. The van der Waals surface area contributed by atoms with Gasteiger partial charge in [0.25, 0.3) is 0 Å². The molecule has 0 spiro atoms. The van der Waals surface area contributed by atoms with Crippen molar-refractivity contribution in [2.24, 2.45) is 0 Å². The summed E-state index contributed by atoms with van der Waals surface area (Å²) in [5.74, 6) is 1.51. The molecule has 0 unspecified atom stereocenters. The van der Waals surface area contributed by atoms with E-state index in [4.69, 9.17) is 4.74 Å². The Labute approximate surface area is 152 Å². The quantitative estimate of drug-likeness (QED) is 0.607. The van der Waals surface area contributed by atoms with Crippen LogP contribution in [0.15, 0.2) is 83.8 Å². The molecule has 0 aliphatic heterocycles. The van der Waals surface area contributed by atoms with Crippen molar-refractivity contribution in [3.63, 3.8) is 0 Å². The number of amides is 1. The fourth-order valence-corrected chi connectivity index (χ4v) is 2.77. The lowest BCUT2D eigenvalue weighted by Crippen LogP contribution is -2.14. The maximum absolute atomic E-state index is 12.2. The zero-order valence-electron chi connectivity index (χ0n) is 13.9. The van der Waals surface area contributed by atoms with Crippen molar-refractivity contribution < 1.29 is 9.53 Å². The Balaban J connectivity index is 1.56. The van der Waals surface area contributed by atoms with Crippen LogP contribution in [-0.4, -0.2) is 12.2 Å². The monoisotopic (exact) mass is 349 g/mol. The number of carbonyl (C=O) groups excluding carboxylic acids is 1. The molecule has 3 aromatic rings. The molecule has 0 aromatic heterocycles. The number of hydrogen-bond acceptors (Lipinski definition) is 3. The zero-order chi connectivity index (χ0) is 17.5. The number of nitrogens with one attached hydrogen (secondary N) is 1. The molecule has 0 bridgehead atoms. The van der Waals surface area contributed by atoms with Gasteiger partial charge < -0.3 is 10.1 Å². The van der Waals surface area contributed by atoms with Crippen molar-refractivity contribution in [2.75, 3.05) is 11.6 Å². The van der Waals surface area contributed by atoms with Crippen molar-refractivity contribution in [3.05, 3.63) is 84.4 Å².